The lowest BCUT2D eigenvalue weighted by molar-refractivity contribution is 0.604. The molecule has 2 heteroatoms. The van der Waals surface area contributed by atoms with Crippen LogP contribution in [0.2, 0.25) is 0 Å². The van der Waals surface area contributed by atoms with Gasteiger partial charge >= 0.3 is 0 Å². The highest BCUT2D eigenvalue weighted by atomic mass is 35.5. The summed E-state index contributed by atoms with van der Waals surface area (Å²) in [6.45, 7) is 8.82. The molecule has 0 fully saturated rings. The molecule has 96 valence electrons. The van der Waals surface area contributed by atoms with E-state index in [1.54, 1.807) is 0 Å². The first-order chi connectivity index (χ1) is 8.39. The van der Waals surface area contributed by atoms with Crippen LogP contribution >= 0.6 is 22.9 Å². The summed E-state index contributed by atoms with van der Waals surface area (Å²) in [5.74, 6) is 0. The quantitative estimate of drug-likeness (QED) is 0.620. The predicted octanol–water partition coefficient (Wildman–Crippen LogP) is 5.68. The Hall–Kier alpha value is -0.790. The standard InChI is InChI=1S/C16H19ClS/c1-11-7-5-6-8-12(11)15(17)13-9-10-14(18-13)16(2,3)4/h5-10,15H,1-4H3. The number of benzene rings is 1. The summed E-state index contributed by atoms with van der Waals surface area (Å²) < 4.78 is 0. The van der Waals surface area contributed by atoms with Gasteiger partial charge in [0.05, 0.1) is 5.38 Å². The maximum absolute atomic E-state index is 6.61. The van der Waals surface area contributed by atoms with Crippen LogP contribution in [-0.2, 0) is 5.41 Å². The molecule has 0 N–H and O–H groups in total. The van der Waals surface area contributed by atoms with Crippen LogP contribution in [0.3, 0.4) is 0 Å². The highest BCUT2D eigenvalue weighted by molar-refractivity contribution is 7.12. The van der Waals surface area contributed by atoms with Crippen molar-refractivity contribution < 1.29 is 0 Å². The number of halogens is 1. The molecule has 0 nitrogen and oxygen atoms in total. The molecule has 2 rings (SSSR count). The Balaban J connectivity index is 2.33. The van der Waals surface area contributed by atoms with Crippen molar-refractivity contribution in [3.05, 3.63) is 57.3 Å². The lowest BCUT2D eigenvalue weighted by Gasteiger charge is -2.16. The van der Waals surface area contributed by atoms with Gasteiger partial charge in [0, 0.05) is 9.75 Å². The molecule has 1 heterocycles. The summed E-state index contributed by atoms with van der Waals surface area (Å²) in [7, 11) is 0. The normalized spacial score (nSPS) is 13.6. The molecule has 1 unspecified atom stereocenters. The van der Waals surface area contributed by atoms with Gasteiger partial charge in [0.15, 0.2) is 0 Å². The average Bonchev–Trinajstić information content (AvgIpc) is 2.77. The van der Waals surface area contributed by atoms with Crippen LogP contribution in [0, 0.1) is 6.92 Å². The van der Waals surface area contributed by atoms with Crippen molar-refractivity contribution in [2.75, 3.05) is 0 Å². The summed E-state index contributed by atoms with van der Waals surface area (Å²) in [5.41, 5.74) is 2.66. The summed E-state index contributed by atoms with van der Waals surface area (Å²) >= 11 is 8.43. The minimum Gasteiger partial charge on any atom is -0.143 e. The van der Waals surface area contributed by atoms with E-state index in [0.717, 1.165) is 0 Å². The van der Waals surface area contributed by atoms with Crippen LogP contribution in [0.1, 0.15) is 47.0 Å². The molecule has 2 aromatic rings. The Bertz CT molecular complexity index is 534. The molecule has 0 aliphatic heterocycles. The van der Waals surface area contributed by atoms with Gasteiger partial charge in [-0.1, -0.05) is 45.0 Å². The van der Waals surface area contributed by atoms with Crippen molar-refractivity contribution in [2.45, 2.75) is 38.5 Å². The van der Waals surface area contributed by atoms with Crippen molar-refractivity contribution in [3.8, 4) is 0 Å². The molecule has 0 spiro atoms. The smallest absolute Gasteiger partial charge is 0.0930 e. The van der Waals surface area contributed by atoms with E-state index in [0.29, 0.717) is 0 Å². The first-order valence-electron chi connectivity index (χ1n) is 6.19. The molecule has 0 saturated carbocycles. The average molecular weight is 279 g/mol. The second kappa shape index (κ2) is 5.07. The molecule has 1 aromatic heterocycles. The van der Waals surface area contributed by atoms with Gasteiger partial charge in [0.1, 0.15) is 0 Å². The Morgan fingerprint density at radius 2 is 1.72 bits per heavy atom. The maximum atomic E-state index is 6.61. The van der Waals surface area contributed by atoms with Crippen LogP contribution in [-0.4, -0.2) is 0 Å². The van der Waals surface area contributed by atoms with Crippen molar-refractivity contribution in [2.24, 2.45) is 0 Å². The van der Waals surface area contributed by atoms with E-state index >= 15 is 0 Å². The molecule has 0 radical (unpaired) electrons. The number of hydrogen-bond acceptors (Lipinski definition) is 1. The summed E-state index contributed by atoms with van der Waals surface area (Å²) in [4.78, 5) is 2.62. The summed E-state index contributed by atoms with van der Waals surface area (Å²) in [6, 6.07) is 12.7. The van der Waals surface area contributed by atoms with Crippen LogP contribution in [0.4, 0.5) is 0 Å². The fourth-order valence-corrected chi connectivity index (χ4v) is 3.43. The van der Waals surface area contributed by atoms with Crippen molar-refractivity contribution in [1.29, 1.82) is 0 Å². The van der Waals surface area contributed by atoms with E-state index in [1.807, 2.05) is 11.3 Å². The number of rotatable bonds is 2. The molecule has 0 amide bonds. The molecule has 0 bridgehead atoms. The molecular formula is C16H19ClS. The van der Waals surface area contributed by atoms with E-state index in [1.165, 1.54) is 20.9 Å². The van der Waals surface area contributed by atoms with Crippen LogP contribution in [0.15, 0.2) is 36.4 Å². The van der Waals surface area contributed by atoms with Crippen molar-refractivity contribution >= 4 is 22.9 Å². The molecular weight excluding hydrogens is 260 g/mol. The second-order valence-electron chi connectivity index (χ2n) is 5.67. The highest BCUT2D eigenvalue weighted by Gasteiger charge is 2.20. The van der Waals surface area contributed by atoms with E-state index in [2.05, 4.69) is 64.1 Å². The lowest BCUT2D eigenvalue weighted by atomic mass is 9.95. The maximum Gasteiger partial charge on any atom is 0.0930 e. The van der Waals surface area contributed by atoms with Gasteiger partial charge in [0.25, 0.3) is 0 Å². The zero-order valence-electron chi connectivity index (χ0n) is 11.3. The first kappa shape index (κ1) is 13.6. The van der Waals surface area contributed by atoms with E-state index in [-0.39, 0.29) is 10.8 Å². The second-order valence-corrected chi connectivity index (χ2v) is 7.22. The van der Waals surface area contributed by atoms with Crippen LogP contribution in [0.5, 0.6) is 0 Å². The van der Waals surface area contributed by atoms with E-state index in [4.69, 9.17) is 11.6 Å². The van der Waals surface area contributed by atoms with E-state index in [9.17, 15) is 0 Å². The molecule has 0 aliphatic carbocycles. The van der Waals surface area contributed by atoms with E-state index < -0.39 is 0 Å². The fraction of sp³-hybridized carbons (Fsp3) is 0.375. The highest BCUT2D eigenvalue weighted by Crippen LogP contribution is 2.38. The van der Waals surface area contributed by atoms with Crippen molar-refractivity contribution in [1.82, 2.24) is 0 Å². The minimum absolute atomic E-state index is 0.0349. The predicted molar refractivity (Wildman–Crippen MR) is 81.9 cm³/mol. The zero-order chi connectivity index (χ0) is 13.3. The van der Waals surface area contributed by atoms with Gasteiger partial charge in [-0.25, -0.2) is 0 Å². The Morgan fingerprint density at radius 3 is 2.28 bits per heavy atom. The number of aryl methyl sites for hydroxylation is 1. The molecule has 1 aromatic carbocycles. The monoisotopic (exact) mass is 278 g/mol. The number of thiophene rings is 1. The Kier molecular flexibility index (Phi) is 3.84. The topological polar surface area (TPSA) is 0 Å². The number of hydrogen-bond donors (Lipinski definition) is 0. The van der Waals surface area contributed by atoms with Crippen molar-refractivity contribution in [3.63, 3.8) is 0 Å². The van der Waals surface area contributed by atoms with Crippen LogP contribution in [0.25, 0.3) is 0 Å². The largest absolute Gasteiger partial charge is 0.143 e. The van der Waals surface area contributed by atoms with Gasteiger partial charge in [-0.2, -0.15) is 0 Å². The lowest BCUT2D eigenvalue weighted by Crippen LogP contribution is -2.07. The first-order valence-corrected chi connectivity index (χ1v) is 7.44. The van der Waals surface area contributed by atoms with Crippen LogP contribution < -0.4 is 0 Å². The van der Waals surface area contributed by atoms with Gasteiger partial charge in [-0.3, -0.25) is 0 Å². The molecule has 18 heavy (non-hydrogen) atoms. The Morgan fingerprint density at radius 1 is 1.06 bits per heavy atom. The third-order valence-electron chi connectivity index (χ3n) is 3.08. The minimum atomic E-state index is -0.0349. The zero-order valence-corrected chi connectivity index (χ0v) is 12.9. The third kappa shape index (κ3) is 2.78. The van der Waals surface area contributed by atoms with Gasteiger partial charge in [-0.15, -0.1) is 22.9 Å². The summed E-state index contributed by atoms with van der Waals surface area (Å²) in [5, 5.41) is -0.0349. The van der Waals surface area contributed by atoms with Gasteiger partial charge < -0.3 is 0 Å². The fourth-order valence-electron chi connectivity index (χ4n) is 1.92. The van der Waals surface area contributed by atoms with Gasteiger partial charge in [0.2, 0.25) is 0 Å². The molecule has 1 atom stereocenters. The van der Waals surface area contributed by atoms with Gasteiger partial charge in [-0.05, 0) is 35.6 Å². The third-order valence-corrected chi connectivity index (χ3v) is 5.25. The summed E-state index contributed by atoms with van der Waals surface area (Å²) in [6.07, 6.45) is 0. The molecule has 0 aliphatic rings. The SMILES string of the molecule is Cc1ccccc1C(Cl)c1ccc(C(C)(C)C)s1. The Labute approximate surface area is 119 Å². The molecule has 0 saturated heterocycles. The number of alkyl halides is 1.